The van der Waals surface area contributed by atoms with Crippen LogP contribution in [-0.2, 0) is 30.3 Å². The van der Waals surface area contributed by atoms with Crippen LogP contribution in [0.2, 0.25) is 0 Å². The van der Waals surface area contributed by atoms with Crippen LogP contribution in [0.5, 0.6) is 0 Å². The van der Waals surface area contributed by atoms with Gasteiger partial charge in [0.1, 0.15) is 24.2 Å². The average Bonchev–Trinajstić information content (AvgIpc) is 2.98. The van der Waals surface area contributed by atoms with Crippen LogP contribution in [-0.4, -0.2) is 96.0 Å². The van der Waals surface area contributed by atoms with Gasteiger partial charge < -0.3 is 30.5 Å². The molecule has 4 amide bonds. The summed E-state index contributed by atoms with van der Waals surface area (Å²) in [6, 6.07) is 15.1. The van der Waals surface area contributed by atoms with Crippen molar-refractivity contribution in [3.8, 4) is 0 Å². The van der Waals surface area contributed by atoms with E-state index in [-0.39, 0.29) is 26.1 Å². The molecule has 41 heavy (non-hydrogen) atoms. The minimum Gasteiger partial charge on any atom is -0.360 e. The number of hydrogen-bond donors (Lipinski definition) is 3. The number of amides is 4. The first-order chi connectivity index (χ1) is 19.8. The van der Waals surface area contributed by atoms with E-state index in [0.29, 0.717) is 12.4 Å². The van der Waals surface area contributed by atoms with Crippen LogP contribution in [0.3, 0.4) is 0 Å². The predicted molar refractivity (Wildman–Crippen MR) is 151 cm³/mol. The molecule has 4 atom stereocenters. The molecule has 12 nitrogen and oxygen atoms in total. The predicted octanol–water partition coefficient (Wildman–Crippen LogP) is 0.0240. The molecular formula is C29H33N7O5. The molecule has 5 rings (SSSR count). The fraction of sp³-hybridized carbons (Fsp3) is 0.379. The molecule has 12 heteroatoms. The van der Waals surface area contributed by atoms with Crippen LogP contribution in [0.25, 0.3) is 10.9 Å². The van der Waals surface area contributed by atoms with E-state index in [1.54, 1.807) is 6.92 Å². The van der Waals surface area contributed by atoms with Gasteiger partial charge in [0, 0.05) is 31.9 Å². The second-order valence-corrected chi connectivity index (χ2v) is 10.3. The molecule has 2 bridgehead atoms. The number of carbonyl (C=O) groups is 4. The summed E-state index contributed by atoms with van der Waals surface area (Å²) in [6.07, 6.45) is 0.169. The summed E-state index contributed by atoms with van der Waals surface area (Å²) in [5.74, 6) is -1.16. The van der Waals surface area contributed by atoms with Crippen molar-refractivity contribution < 1.29 is 23.9 Å². The zero-order valence-electron chi connectivity index (χ0n) is 22.9. The molecule has 2 aliphatic heterocycles. The highest BCUT2D eigenvalue weighted by Gasteiger charge is 2.37. The number of para-hydroxylation sites is 1. The Bertz CT molecular complexity index is 1430. The first-order valence-corrected chi connectivity index (χ1v) is 13.5. The number of hydrogen-bond acceptors (Lipinski definition) is 8. The summed E-state index contributed by atoms with van der Waals surface area (Å²) in [5.41, 5.74) is 1.61. The Balaban J connectivity index is 1.47. The first kappa shape index (κ1) is 28.0. The van der Waals surface area contributed by atoms with E-state index < -0.39 is 47.9 Å². The number of rotatable bonds is 3. The van der Waals surface area contributed by atoms with E-state index in [9.17, 15) is 19.2 Å². The molecule has 3 aromatic rings. The number of morpholine rings is 1. The van der Waals surface area contributed by atoms with E-state index in [4.69, 9.17) is 4.74 Å². The Morgan fingerprint density at radius 1 is 0.927 bits per heavy atom. The number of ether oxygens (including phenoxy) is 1. The van der Waals surface area contributed by atoms with E-state index >= 15 is 0 Å². The highest BCUT2D eigenvalue weighted by Crippen LogP contribution is 2.26. The van der Waals surface area contributed by atoms with Crippen molar-refractivity contribution in [1.29, 1.82) is 0 Å². The first-order valence-electron chi connectivity index (χ1n) is 13.5. The lowest BCUT2D eigenvalue weighted by Gasteiger charge is -2.39. The number of anilines is 1. The second kappa shape index (κ2) is 12.3. The maximum Gasteiger partial charge on any atom is 0.251 e. The van der Waals surface area contributed by atoms with Crippen molar-refractivity contribution in [2.24, 2.45) is 0 Å². The van der Waals surface area contributed by atoms with E-state index in [1.807, 2.05) is 59.5 Å². The fourth-order valence-electron chi connectivity index (χ4n) is 5.11. The maximum absolute atomic E-state index is 13.7. The van der Waals surface area contributed by atoms with Crippen LogP contribution in [0, 0.1) is 0 Å². The van der Waals surface area contributed by atoms with Gasteiger partial charge in [0.2, 0.25) is 17.7 Å². The molecule has 2 saturated heterocycles. The van der Waals surface area contributed by atoms with Crippen molar-refractivity contribution in [3.63, 3.8) is 0 Å². The number of carbonyl (C=O) groups excluding carboxylic acids is 4. The monoisotopic (exact) mass is 559 g/mol. The standard InChI is InChI=1S/C29H33N7O5/c1-18-27(38)30-13-20-14-36(26-21-10-6-7-11-22(21)31-17-32-26)15-24(41-20)28(39)34-23(12-19-8-4-3-5-9-19)29(40)35(2)16-25(37)33-18/h3-11,17-18,20,23-24H,12-16H2,1-2H3,(H,30,38)(H,33,37)(H,34,39)/t18-,20+,23-,24-/m1/s1. The third-order valence-corrected chi connectivity index (χ3v) is 7.21. The highest BCUT2D eigenvalue weighted by atomic mass is 16.5. The lowest BCUT2D eigenvalue weighted by atomic mass is 10.0. The van der Waals surface area contributed by atoms with Crippen molar-refractivity contribution in [2.75, 3.05) is 38.1 Å². The average molecular weight is 560 g/mol. The molecule has 0 aliphatic carbocycles. The minimum absolute atomic E-state index is 0.106. The SMILES string of the molecule is C[C@H]1NC(=O)CN(C)C(=O)[C@@H](Cc2ccccc2)NC(=O)[C@H]2CN(c3ncnc4ccccc34)C[C@H](CNC1=O)O2. The molecule has 2 aromatic carbocycles. The normalized spacial score (nSPS) is 24.6. The third-order valence-electron chi connectivity index (χ3n) is 7.21. The van der Waals surface area contributed by atoms with Gasteiger partial charge in [-0.15, -0.1) is 0 Å². The van der Waals surface area contributed by atoms with E-state index in [1.165, 1.54) is 18.3 Å². The van der Waals surface area contributed by atoms with Crippen molar-refractivity contribution >= 4 is 40.3 Å². The Morgan fingerprint density at radius 2 is 1.68 bits per heavy atom. The van der Waals surface area contributed by atoms with Crippen LogP contribution >= 0.6 is 0 Å². The van der Waals surface area contributed by atoms with Gasteiger partial charge in [-0.2, -0.15) is 0 Å². The lowest BCUT2D eigenvalue weighted by molar-refractivity contribution is -0.143. The van der Waals surface area contributed by atoms with Crippen LogP contribution in [0.4, 0.5) is 5.82 Å². The van der Waals surface area contributed by atoms with Gasteiger partial charge in [0.15, 0.2) is 6.10 Å². The Hall–Kier alpha value is -4.58. The number of fused-ring (bicyclic) bond motifs is 3. The van der Waals surface area contributed by atoms with Gasteiger partial charge in [-0.1, -0.05) is 42.5 Å². The molecule has 3 heterocycles. The summed E-state index contributed by atoms with van der Waals surface area (Å²) in [7, 11) is 1.49. The smallest absolute Gasteiger partial charge is 0.251 e. The molecule has 214 valence electrons. The molecule has 0 saturated carbocycles. The number of benzene rings is 2. The van der Waals surface area contributed by atoms with E-state index in [0.717, 1.165) is 16.5 Å². The second-order valence-electron chi connectivity index (χ2n) is 10.3. The molecule has 2 aliphatic rings. The molecule has 0 unspecified atom stereocenters. The molecule has 0 spiro atoms. The topological polar surface area (TPSA) is 146 Å². The number of nitrogens with zero attached hydrogens (tertiary/aromatic N) is 4. The van der Waals surface area contributed by atoms with Crippen molar-refractivity contribution in [2.45, 2.75) is 37.6 Å². The van der Waals surface area contributed by atoms with Crippen LogP contribution in [0.15, 0.2) is 60.9 Å². The van der Waals surface area contributed by atoms with Gasteiger partial charge in [-0.05, 0) is 24.6 Å². The summed E-state index contributed by atoms with van der Waals surface area (Å²) in [5, 5.41) is 9.14. The fourth-order valence-corrected chi connectivity index (χ4v) is 5.11. The van der Waals surface area contributed by atoms with Gasteiger partial charge in [0.25, 0.3) is 5.91 Å². The highest BCUT2D eigenvalue weighted by molar-refractivity contribution is 5.94. The van der Waals surface area contributed by atoms with Gasteiger partial charge in [0.05, 0.1) is 24.7 Å². The lowest BCUT2D eigenvalue weighted by Crippen LogP contribution is -2.59. The van der Waals surface area contributed by atoms with Crippen molar-refractivity contribution in [3.05, 3.63) is 66.5 Å². The summed E-state index contributed by atoms with van der Waals surface area (Å²) in [6.45, 7) is 1.93. The van der Waals surface area contributed by atoms with Crippen LogP contribution < -0.4 is 20.9 Å². The van der Waals surface area contributed by atoms with Gasteiger partial charge in [-0.3, -0.25) is 19.2 Å². The molecule has 3 N–H and O–H groups in total. The van der Waals surface area contributed by atoms with Crippen LogP contribution in [0.1, 0.15) is 12.5 Å². The van der Waals surface area contributed by atoms with Gasteiger partial charge >= 0.3 is 0 Å². The maximum atomic E-state index is 13.7. The summed E-state index contributed by atoms with van der Waals surface area (Å²) >= 11 is 0. The molecule has 1 aromatic heterocycles. The quantitative estimate of drug-likeness (QED) is 0.407. The Labute approximate surface area is 237 Å². The van der Waals surface area contributed by atoms with Gasteiger partial charge in [-0.25, -0.2) is 9.97 Å². The molecule has 0 radical (unpaired) electrons. The Morgan fingerprint density at radius 3 is 2.49 bits per heavy atom. The summed E-state index contributed by atoms with van der Waals surface area (Å²) in [4.78, 5) is 64.7. The zero-order chi connectivity index (χ0) is 28.9. The molecular weight excluding hydrogens is 526 g/mol. The van der Waals surface area contributed by atoms with E-state index in [2.05, 4.69) is 25.9 Å². The van der Waals surface area contributed by atoms with Crippen molar-refractivity contribution in [1.82, 2.24) is 30.8 Å². The zero-order valence-corrected chi connectivity index (χ0v) is 22.9. The number of likely N-dealkylation sites (N-methyl/N-ethyl adjacent to an activating group) is 1. The Kier molecular flexibility index (Phi) is 8.39. The largest absolute Gasteiger partial charge is 0.360 e. The molecule has 2 fully saturated rings. The minimum atomic E-state index is -0.960. The number of nitrogens with one attached hydrogen (secondary N) is 3. The number of aromatic nitrogens is 2. The third kappa shape index (κ3) is 6.60. The summed E-state index contributed by atoms with van der Waals surface area (Å²) < 4.78 is 6.18.